The Morgan fingerprint density at radius 3 is 2.83 bits per heavy atom. The largest absolute Gasteiger partial charge is 0.504 e. The van der Waals surface area contributed by atoms with Crippen molar-refractivity contribution in [3.05, 3.63) is 77.0 Å². The number of Topliss-reactive ketones (excluding diaryl/α,β-unsaturated/α-hetero) is 1. The molecule has 0 aromatic heterocycles. The number of benzene rings is 3. The van der Waals surface area contributed by atoms with Gasteiger partial charge in [0.05, 0.1) is 6.61 Å². The molecule has 1 atom stereocenters. The van der Waals surface area contributed by atoms with E-state index in [9.17, 15) is 9.90 Å². The van der Waals surface area contributed by atoms with Gasteiger partial charge in [0.1, 0.15) is 0 Å². The predicted octanol–water partition coefficient (Wildman–Crippen LogP) is 5.51. The number of ketones is 1. The minimum atomic E-state index is -0.181. The van der Waals surface area contributed by atoms with Crippen LogP contribution in [0.15, 0.2) is 65.9 Å². The summed E-state index contributed by atoms with van der Waals surface area (Å²) < 4.78 is 5.64. The van der Waals surface area contributed by atoms with Gasteiger partial charge in [-0.3, -0.25) is 4.79 Å². The maximum absolute atomic E-state index is 13.1. The van der Waals surface area contributed by atoms with Gasteiger partial charge in [-0.05, 0) is 59.9 Å². The number of ether oxygens (including phenoxy) is 1. The fourth-order valence-corrected chi connectivity index (χ4v) is 4.67. The second kappa shape index (κ2) is 6.96. The van der Waals surface area contributed by atoms with Crippen molar-refractivity contribution in [3.8, 4) is 11.5 Å². The standard InChI is InChI=1S/C25H23NO3/c1-2-29-22-14-16(11-13-20(22)27)23-24-17-7-4-3-6-15(17)10-12-19(24)26-18-8-5-9-21(28)25(18)23/h3-4,6-7,10-14,23,26-27H,2,5,8-9H2,1H3. The van der Waals surface area contributed by atoms with Crippen LogP contribution in [0.2, 0.25) is 0 Å². The average molecular weight is 385 g/mol. The monoisotopic (exact) mass is 385 g/mol. The van der Waals surface area contributed by atoms with E-state index in [1.807, 2.05) is 31.2 Å². The van der Waals surface area contributed by atoms with Crippen molar-refractivity contribution in [2.75, 3.05) is 11.9 Å². The van der Waals surface area contributed by atoms with Gasteiger partial charge in [0.2, 0.25) is 0 Å². The summed E-state index contributed by atoms with van der Waals surface area (Å²) in [6.45, 7) is 2.36. The Labute approximate surface area is 169 Å². The zero-order chi connectivity index (χ0) is 20.0. The third-order valence-electron chi connectivity index (χ3n) is 5.91. The normalized spacial score (nSPS) is 18.2. The number of rotatable bonds is 3. The topological polar surface area (TPSA) is 58.6 Å². The molecule has 0 fully saturated rings. The summed E-state index contributed by atoms with van der Waals surface area (Å²) in [5.74, 6) is 0.593. The summed E-state index contributed by atoms with van der Waals surface area (Å²) in [7, 11) is 0. The average Bonchev–Trinajstić information content (AvgIpc) is 2.74. The highest BCUT2D eigenvalue weighted by Gasteiger charge is 2.36. The van der Waals surface area contributed by atoms with Crippen molar-refractivity contribution in [2.45, 2.75) is 32.1 Å². The van der Waals surface area contributed by atoms with Crippen molar-refractivity contribution >= 4 is 22.2 Å². The molecule has 1 unspecified atom stereocenters. The first-order valence-corrected chi connectivity index (χ1v) is 10.2. The summed E-state index contributed by atoms with van der Waals surface area (Å²) in [6.07, 6.45) is 2.33. The number of aromatic hydroxyl groups is 1. The fourth-order valence-electron chi connectivity index (χ4n) is 4.67. The quantitative estimate of drug-likeness (QED) is 0.624. The number of phenolic OH excluding ortho intramolecular Hbond substituents is 1. The second-order valence-electron chi connectivity index (χ2n) is 7.64. The molecule has 5 rings (SSSR count). The van der Waals surface area contributed by atoms with Gasteiger partial charge in [0, 0.05) is 29.3 Å². The van der Waals surface area contributed by atoms with Crippen molar-refractivity contribution in [2.24, 2.45) is 0 Å². The van der Waals surface area contributed by atoms with Crippen LogP contribution in [0, 0.1) is 0 Å². The Morgan fingerprint density at radius 2 is 1.97 bits per heavy atom. The molecule has 0 bridgehead atoms. The van der Waals surface area contributed by atoms with E-state index in [0.29, 0.717) is 18.8 Å². The zero-order valence-corrected chi connectivity index (χ0v) is 16.4. The highest BCUT2D eigenvalue weighted by Crippen LogP contribution is 2.48. The molecule has 3 aromatic rings. The number of allylic oxidation sites excluding steroid dienone is 2. The molecule has 146 valence electrons. The van der Waals surface area contributed by atoms with Gasteiger partial charge in [-0.2, -0.15) is 0 Å². The van der Waals surface area contributed by atoms with Gasteiger partial charge in [0.15, 0.2) is 17.3 Å². The zero-order valence-electron chi connectivity index (χ0n) is 16.4. The number of fused-ring (bicyclic) bond motifs is 3. The van der Waals surface area contributed by atoms with E-state index < -0.39 is 0 Å². The van der Waals surface area contributed by atoms with E-state index in [0.717, 1.165) is 51.7 Å². The summed E-state index contributed by atoms with van der Waals surface area (Å²) in [4.78, 5) is 13.1. The number of nitrogens with one attached hydrogen (secondary N) is 1. The van der Waals surface area contributed by atoms with E-state index in [1.165, 1.54) is 0 Å². The molecule has 2 aliphatic rings. The van der Waals surface area contributed by atoms with Gasteiger partial charge in [-0.1, -0.05) is 36.4 Å². The van der Waals surface area contributed by atoms with Crippen LogP contribution < -0.4 is 10.1 Å². The van der Waals surface area contributed by atoms with Crippen molar-refractivity contribution < 1.29 is 14.6 Å². The Balaban J connectivity index is 1.80. The SMILES string of the molecule is CCOc1cc(C2C3=C(CCCC3=O)Nc3ccc4ccccc4c32)ccc1O. The van der Waals surface area contributed by atoms with E-state index in [4.69, 9.17) is 4.74 Å². The van der Waals surface area contributed by atoms with Crippen molar-refractivity contribution in [1.29, 1.82) is 0 Å². The smallest absolute Gasteiger partial charge is 0.161 e. The maximum Gasteiger partial charge on any atom is 0.161 e. The molecule has 1 aliphatic heterocycles. The van der Waals surface area contributed by atoms with Gasteiger partial charge in [-0.25, -0.2) is 0 Å². The number of hydrogen-bond donors (Lipinski definition) is 2. The first-order valence-electron chi connectivity index (χ1n) is 10.2. The lowest BCUT2D eigenvalue weighted by Crippen LogP contribution is -2.27. The van der Waals surface area contributed by atoms with Crippen LogP contribution in [0.5, 0.6) is 11.5 Å². The maximum atomic E-state index is 13.1. The fraction of sp³-hybridized carbons (Fsp3) is 0.240. The first kappa shape index (κ1) is 17.8. The molecule has 0 amide bonds. The Bertz CT molecular complexity index is 1160. The molecular weight excluding hydrogens is 362 g/mol. The lowest BCUT2D eigenvalue weighted by Gasteiger charge is -2.35. The molecule has 4 heteroatoms. The molecule has 0 saturated heterocycles. The highest BCUT2D eigenvalue weighted by molar-refractivity contribution is 6.04. The lowest BCUT2D eigenvalue weighted by molar-refractivity contribution is -0.116. The molecular formula is C25H23NO3. The van der Waals surface area contributed by atoms with Gasteiger partial charge >= 0.3 is 0 Å². The Kier molecular flexibility index (Phi) is 4.27. The number of carbonyl (C=O) groups is 1. The van der Waals surface area contributed by atoms with Crippen LogP contribution in [-0.2, 0) is 4.79 Å². The van der Waals surface area contributed by atoms with Gasteiger partial charge in [0.25, 0.3) is 0 Å². The van der Waals surface area contributed by atoms with Gasteiger partial charge in [-0.15, -0.1) is 0 Å². The van der Waals surface area contributed by atoms with Crippen LogP contribution in [0.4, 0.5) is 5.69 Å². The molecule has 3 aromatic carbocycles. The third-order valence-corrected chi connectivity index (χ3v) is 5.91. The van der Waals surface area contributed by atoms with E-state index in [2.05, 4.69) is 29.6 Å². The summed E-state index contributed by atoms with van der Waals surface area (Å²) in [5, 5.41) is 16.0. The lowest BCUT2D eigenvalue weighted by atomic mass is 9.74. The molecule has 0 saturated carbocycles. The van der Waals surface area contributed by atoms with E-state index in [-0.39, 0.29) is 17.5 Å². The minimum absolute atomic E-state index is 0.117. The summed E-state index contributed by atoms with van der Waals surface area (Å²) >= 11 is 0. The molecule has 1 heterocycles. The van der Waals surface area contributed by atoms with Crippen molar-refractivity contribution in [3.63, 3.8) is 0 Å². The molecule has 4 nitrogen and oxygen atoms in total. The molecule has 0 radical (unpaired) electrons. The Morgan fingerprint density at radius 1 is 1.10 bits per heavy atom. The summed E-state index contributed by atoms with van der Waals surface area (Å²) in [5.41, 5.74) is 5.01. The van der Waals surface area contributed by atoms with Gasteiger partial charge < -0.3 is 15.2 Å². The van der Waals surface area contributed by atoms with Crippen LogP contribution in [0.3, 0.4) is 0 Å². The molecule has 29 heavy (non-hydrogen) atoms. The molecule has 1 aliphatic carbocycles. The van der Waals surface area contributed by atoms with Crippen molar-refractivity contribution in [1.82, 2.24) is 0 Å². The minimum Gasteiger partial charge on any atom is -0.504 e. The number of hydrogen-bond acceptors (Lipinski definition) is 4. The van der Waals surface area contributed by atoms with Crippen LogP contribution >= 0.6 is 0 Å². The predicted molar refractivity (Wildman–Crippen MR) is 115 cm³/mol. The van der Waals surface area contributed by atoms with E-state index in [1.54, 1.807) is 6.07 Å². The molecule has 0 spiro atoms. The van der Waals surface area contributed by atoms with Crippen LogP contribution in [0.1, 0.15) is 43.2 Å². The third kappa shape index (κ3) is 2.87. The summed E-state index contributed by atoms with van der Waals surface area (Å²) in [6, 6.07) is 18.0. The van der Waals surface area contributed by atoms with Crippen LogP contribution in [-0.4, -0.2) is 17.5 Å². The number of anilines is 1. The van der Waals surface area contributed by atoms with Crippen LogP contribution in [0.25, 0.3) is 10.8 Å². The van der Waals surface area contributed by atoms with E-state index >= 15 is 0 Å². The number of carbonyl (C=O) groups excluding carboxylic acids is 1. The Hall–Kier alpha value is -3.27. The first-order chi connectivity index (χ1) is 14.2. The molecule has 2 N–H and O–H groups in total. The number of phenols is 1. The second-order valence-corrected chi connectivity index (χ2v) is 7.64. The highest BCUT2D eigenvalue weighted by atomic mass is 16.5.